The summed E-state index contributed by atoms with van der Waals surface area (Å²) in [6.07, 6.45) is 0. The lowest BCUT2D eigenvalue weighted by molar-refractivity contribution is -0.384. The molecule has 0 fully saturated rings. The molecule has 8 heteroatoms. The molecule has 0 aliphatic heterocycles. The zero-order valence-electron chi connectivity index (χ0n) is 8.36. The molecule has 1 amide bonds. The predicted octanol–water partition coefficient (Wildman–Crippen LogP) is -0.648. The average Bonchev–Trinajstić information content (AvgIpc) is 2.27. The largest absolute Gasteiger partial charge is 0.478 e. The molecule has 8 nitrogen and oxygen atoms in total. The van der Waals surface area contributed by atoms with Gasteiger partial charge in [-0.05, 0) is 12.1 Å². The van der Waals surface area contributed by atoms with Gasteiger partial charge >= 0.3 is 5.97 Å². The highest BCUT2D eigenvalue weighted by Crippen LogP contribution is 2.23. The molecule has 1 aromatic rings. The van der Waals surface area contributed by atoms with E-state index in [1.807, 2.05) is 0 Å². The minimum Gasteiger partial charge on any atom is -0.478 e. The molecule has 0 saturated carbocycles. The molecule has 0 aliphatic rings. The van der Waals surface area contributed by atoms with E-state index in [-0.39, 0.29) is 11.3 Å². The van der Waals surface area contributed by atoms with Crippen LogP contribution in [0.25, 0.3) is 0 Å². The van der Waals surface area contributed by atoms with Crippen molar-refractivity contribution in [1.82, 2.24) is 0 Å². The maximum atomic E-state index is 10.9. The fourth-order valence-electron chi connectivity index (χ4n) is 1.20. The van der Waals surface area contributed by atoms with Crippen LogP contribution in [0, 0.1) is 10.1 Å². The fraction of sp³-hybridized carbons (Fsp3) is 0.111. The van der Waals surface area contributed by atoms with Crippen molar-refractivity contribution >= 4 is 17.6 Å². The predicted molar refractivity (Wildman–Crippen MR) is 53.8 cm³/mol. The Hall–Kier alpha value is -2.48. The van der Waals surface area contributed by atoms with Crippen molar-refractivity contribution < 1.29 is 24.7 Å². The fourth-order valence-corrected chi connectivity index (χ4v) is 1.20. The Morgan fingerprint density at radius 2 is 1.76 bits per heavy atom. The van der Waals surface area contributed by atoms with E-state index >= 15 is 0 Å². The molecule has 0 saturated heterocycles. The Labute approximate surface area is 94.4 Å². The van der Waals surface area contributed by atoms with Crippen LogP contribution >= 0.6 is 0 Å². The first-order chi connectivity index (χ1) is 7.80. The highest BCUT2D eigenvalue weighted by molar-refractivity contribution is 6.05. The number of nitro benzene ring substituents is 1. The second-order valence-electron chi connectivity index (χ2n) is 3.18. The van der Waals surface area contributed by atoms with Gasteiger partial charge in [-0.3, -0.25) is 14.9 Å². The Bertz CT molecular complexity index is 467. The summed E-state index contributed by atoms with van der Waals surface area (Å²) in [6, 6.07) is 3.84. The SMILES string of the molecule is NC(=O)C(O)(C(=O)O)c1ccc([N+](=O)[O-])cc1. The molecule has 0 radical (unpaired) electrons. The van der Waals surface area contributed by atoms with Crippen LogP contribution in [0.15, 0.2) is 24.3 Å². The first-order valence-electron chi connectivity index (χ1n) is 4.30. The zero-order chi connectivity index (χ0) is 13.2. The second-order valence-corrected chi connectivity index (χ2v) is 3.18. The lowest BCUT2D eigenvalue weighted by atomic mass is 9.93. The number of rotatable bonds is 4. The van der Waals surface area contributed by atoms with Crippen LogP contribution in [-0.4, -0.2) is 27.0 Å². The van der Waals surface area contributed by atoms with Crippen molar-refractivity contribution in [1.29, 1.82) is 0 Å². The van der Waals surface area contributed by atoms with E-state index in [0.717, 1.165) is 24.3 Å². The van der Waals surface area contributed by atoms with Crippen LogP contribution in [-0.2, 0) is 15.2 Å². The van der Waals surface area contributed by atoms with Gasteiger partial charge in [0.25, 0.3) is 17.2 Å². The summed E-state index contributed by atoms with van der Waals surface area (Å²) < 4.78 is 0. The molecule has 1 rings (SSSR count). The molecule has 17 heavy (non-hydrogen) atoms. The van der Waals surface area contributed by atoms with Gasteiger partial charge in [0.05, 0.1) is 4.92 Å². The van der Waals surface area contributed by atoms with E-state index in [2.05, 4.69) is 0 Å². The standard InChI is InChI=1S/C9H8N2O6/c10-7(12)9(15,8(13)14)5-1-3-6(4-2-5)11(16)17/h1-4,15H,(H2,10,12)(H,13,14). The smallest absolute Gasteiger partial charge is 0.350 e. The Morgan fingerprint density at radius 3 is 2.06 bits per heavy atom. The summed E-state index contributed by atoms with van der Waals surface area (Å²) in [4.78, 5) is 31.4. The molecule has 0 aliphatic carbocycles. The second kappa shape index (κ2) is 4.18. The zero-order valence-corrected chi connectivity index (χ0v) is 8.36. The molecule has 0 aromatic heterocycles. The normalized spacial score (nSPS) is 13.7. The number of aliphatic hydroxyl groups is 1. The van der Waals surface area contributed by atoms with Crippen LogP contribution in [0.4, 0.5) is 5.69 Å². The average molecular weight is 240 g/mol. The summed E-state index contributed by atoms with van der Waals surface area (Å²) >= 11 is 0. The van der Waals surface area contributed by atoms with Crippen molar-refractivity contribution in [3.8, 4) is 0 Å². The van der Waals surface area contributed by atoms with E-state index in [1.165, 1.54) is 0 Å². The minimum absolute atomic E-state index is 0.300. The van der Waals surface area contributed by atoms with Gasteiger partial charge in [0.2, 0.25) is 0 Å². The number of carbonyl (C=O) groups is 2. The Morgan fingerprint density at radius 1 is 1.29 bits per heavy atom. The van der Waals surface area contributed by atoms with Crippen LogP contribution in [0.3, 0.4) is 0 Å². The third-order valence-electron chi connectivity index (χ3n) is 2.16. The van der Waals surface area contributed by atoms with Crippen LogP contribution < -0.4 is 5.73 Å². The minimum atomic E-state index is -2.89. The summed E-state index contributed by atoms with van der Waals surface area (Å²) in [5.41, 5.74) is 1.26. The monoisotopic (exact) mass is 240 g/mol. The highest BCUT2D eigenvalue weighted by Gasteiger charge is 2.44. The molecule has 1 aromatic carbocycles. The van der Waals surface area contributed by atoms with Gasteiger partial charge in [0.15, 0.2) is 0 Å². The van der Waals surface area contributed by atoms with Crippen LogP contribution in [0.5, 0.6) is 0 Å². The van der Waals surface area contributed by atoms with Crippen molar-refractivity contribution in [2.45, 2.75) is 5.60 Å². The number of hydrogen-bond acceptors (Lipinski definition) is 5. The number of primary amides is 1. The number of benzene rings is 1. The van der Waals surface area contributed by atoms with E-state index in [4.69, 9.17) is 10.8 Å². The molecule has 1 unspecified atom stereocenters. The van der Waals surface area contributed by atoms with Gasteiger partial charge < -0.3 is 15.9 Å². The maximum absolute atomic E-state index is 10.9. The molecule has 0 heterocycles. The lowest BCUT2D eigenvalue weighted by Crippen LogP contribution is -2.47. The molecule has 90 valence electrons. The number of hydrogen-bond donors (Lipinski definition) is 3. The maximum Gasteiger partial charge on any atom is 0.350 e. The third kappa shape index (κ3) is 2.06. The summed E-state index contributed by atoms with van der Waals surface area (Å²) in [6.45, 7) is 0. The number of nitrogens with zero attached hydrogens (tertiary/aromatic N) is 1. The lowest BCUT2D eigenvalue weighted by Gasteiger charge is -2.19. The van der Waals surface area contributed by atoms with Crippen molar-refractivity contribution in [2.24, 2.45) is 5.73 Å². The van der Waals surface area contributed by atoms with E-state index in [1.54, 1.807) is 0 Å². The number of aliphatic carboxylic acids is 1. The van der Waals surface area contributed by atoms with Crippen LogP contribution in [0.1, 0.15) is 5.56 Å². The number of amides is 1. The quantitative estimate of drug-likeness (QED) is 0.362. The highest BCUT2D eigenvalue weighted by atomic mass is 16.6. The molecule has 4 N–H and O–H groups in total. The number of carboxylic acids is 1. The molecule has 1 atom stereocenters. The van der Waals surface area contributed by atoms with Crippen molar-refractivity contribution in [3.05, 3.63) is 39.9 Å². The number of carboxylic acid groups (broad SMARTS) is 1. The third-order valence-corrected chi connectivity index (χ3v) is 2.16. The summed E-state index contributed by atoms with van der Waals surface area (Å²) in [5, 5.41) is 28.7. The van der Waals surface area contributed by atoms with Crippen molar-refractivity contribution in [2.75, 3.05) is 0 Å². The van der Waals surface area contributed by atoms with Gasteiger partial charge in [-0.25, -0.2) is 4.79 Å². The van der Waals surface area contributed by atoms with Gasteiger partial charge in [-0.15, -0.1) is 0 Å². The van der Waals surface area contributed by atoms with E-state index in [9.17, 15) is 24.8 Å². The van der Waals surface area contributed by atoms with Gasteiger partial charge in [-0.2, -0.15) is 0 Å². The first kappa shape index (κ1) is 12.6. The van der Waals surface area contributed by atoms with E-state index < -0.39 is 22.4 Å². The first-order valence-corrected chi connectivity index (χ1v) is 4.30. The van der Waals surface area contributed by atoms with E-state index in [0.29, 0.717) is 0 Å². The molecule has 0 spiro atoms. The summed E-state index contributed by atoms with van der Waals surface area (Å²) in [5.74, 6) is -3.32. The Kier molecular flexibility index (Phi) is 3.09. The van der Waals surface area contributed by atoms with Crippen LogP contribution in [0.2, 0.25) is 0 Å². The number of non-ortho nitro benzene ring substituents is 1. The number of nitro groups is 1. The molecule has 0 bridgehead atoms. The Balaban J connectivity index is 3.27. The molecular weight excluding hydrogens is 232 g/mol. The van der Waals surface area contributed by atoms with Gasteiger partial charge in [0, 0.05) is 17.7 Å². The summed E-state index contributed by atoms with van der Waals surface area (Å²) in [7, 11) is 0. The molecular formula is C9H8N2O6. The topological polar surface area (TPSA) is 144 Å². The van der Waals surface area contributed by atoms with Gasteiger partial charge in [-0.1, -0.05) is 0 Å². The van der Waals surface area contributed by atoms with Gasteiger partial charge in [0.1, 0.15) is 0 Å². The van der Waals surface area contributed by atoms with Crippen molar-refractivity contribution in [3.63, 3.8) is 0 Å². The number of carbonyl (C=O) groups excluding carboxylic acids is 1. The number of nitrogens with two attached hydrogens (primary N) is 1.